The third kappa shape index (κ3) is 5.67. The van der Waals surface area contributed by atoms with Crippen LogP contribution in [0.1, 0.15) is 16.7 Å². The Hall–Kier alpha value is -4.16. The van der Waals surface area contributed by atoms with Gasteiger partial charge >= 0.3 is 0 Å². The molecular weight excluding hydrogens is 454 g/mol. The molecule has 5 rings (SSSR count). The van der Waals surface area contributed by atoms with Crippen LogP contribution in [0.15, 0.2) is 113 Å². The summed E-state index contributed by atoms with van der Waals surface area (Å²) in [6.07, 6.45) is 1.74. The van der Waals surface area contributed by atoms with Crippen molar-refractivity contribution < 1.29 is 9.47 Å². The maximum atomic E-state index is 6.16. The Balaban J connectivity index is 1.38. The van der Waals surface area contributed by atoms with E-state index in [1.165, 1.54) is 4.70 Å². The molecule has 0 atom stereocenters. The van der Waals surface area contributed by atoms with Gasteiger partial charge in [-0.1, -0.05) is 84.1 Å². The molecule has 0 bridgehead atoms. The van der Waals surface area contributed by atoms with E-state index in [1.807, 2.05) is 103 Å². The Morgan fingerprint density at radius 2 is 1.37 bits per heavy atom. The molecule has 0 radical (unpaired) electrons. The summed E-state index contributed by atoms with van der Waals surface area (Å²) < 4.78 is 15.5. The van der Waals surface area contributed by atoms with Crippen molar-refractivity contribution in [2.24, 2.45) is 17.3 Å². The number of rotatable bonds is 8. The Kier molecular flexibility index (Phi) is 7.01. The molecule has 4 aromatic carbocycles. The molecule has 174 valence electrons. The van der Waals surface area contributed by atoms with E-state index < -0.39 is 0 Å². The summed E-state index contributed by atoms with van der Waals surface area (Å²) in [5, 5.41) is 8.78. The summed E-state index contributed by atoms with van der Waals surface area (Å²) in [5.74, 6) is 1.36. The fraction of sp³-hybridized carbons (Fsp3) is 0.103. The average molecular weight is 480 g/mol. The van der Waals surface area contributed by atoms with Gasteiger partial charge in [-0.15, -0.1) is 5.10 Å². The van der Waals surface area contributed by atoms with Gasteiger partial charge < -0.3 is 14.0 Å². The van der Waals surface area contributed by atoms with Gasteiger partial charge in [-0.05, 0) is 47.0 Å². The Bertz CT molecular complexity index is 1510. The first-order valence-corrected chi connectivity index (χ1v) is 12.2. The van der Waals surface area contributed by atoms with Crippen LogP contribution in [-0.2, 0) is 20.3 Å². The molecule has 0 fully saturated rings. The number of hydrogen-bond acceptors (Lipinski definition) is 5. The van der Waals surface area contributed by atoms with Crippen molar-refractivity contribution >= 4 is 27.8 Å². The highest BCUT2D eigenvalue weighted by molar-refractivity contribution is 7.16. The zero-order valence-corrected chi connectivity index (χ0v) is 20.2. The Morgan fingerprint density at radius 3 is 2.06 bits per heavy atom. The van der Waals surface area contributed by atoms with Gasteiger partial charge in [-0.3, -0.25) is 0 Å². The van der Waals surface area contributed by atoms with Gasteiger partial charge in [0.05, 0.1) is 16.4 Å². The first kappa shape index (κ1) is 22.6. The van der Waals surface area contributed by atoms with Crippen molar-refractivity contribution in [3.8, 4) is 11.5 Å². The van der Waals surface area contributed by atoms with E-state index in [1.54, 1.807) is 17.6 Å². The number of fused-ring (bicyclic) bond motifs is 1. The van der Waals surface area contributed by atoms with E-state index in [9.17, 15) is 0 Å². The van der Waals surface area contributed by atoms with Crippen molar-refractivity contribution in [1.82, 2.24) is 4.57 Å². The molecule has 0 aliphatic heterocycles. The second kappa shape index (κ2) is 10.8. The van der Waals surface area contributed by atoms with Gasteiger partial charge in [0.15, 0.2) is 11.5 Å². The molecule has 0 saturated carbocycles. The summed E-state index contributed by atoms with van der Waals surface area (Å²) >= 11 is 1.61. The quantitative estimate of drug-likeness (QED) is 0.193. The fourth-order valence-corrected chi connectivity index (χ4v) is 4.61. The Morgan fingerprint density at radius 1 is 0.743 bits per heavy atom. The van der Waals surface area contributed by atoms with Crippen molar-refractivity contribution in [2.75, 3.05) is 0 Å². The molecule has 0 spiro atoms. The van der Waals surface area contributed by atoms with Crippen molar-refractivity contribution in [3.63, 3.8) is 0 Å². The van der Waals surface area contributed by atoms with Gasteiger partial charge in [0.2, 0.25) is 4.80 Å². The predicted octanol–water partition coefficient (Wildman–Crippen LogP) is 6.33. The molecule has 5 nitrogen and oxygen atoms in total. The molecule has 6 heteroatoms. The maximum Gasteiger partial charge on any atom is 0.211 e. The highest BCUT2D eigenvalue weighted by atomic mass is 32.1. The molecule has 5 aromatic rings. The molecule has 0 saturated heterocycles. The van der Waals surface area contributed by atoms with Crippen molar-refractivity contribution in [3.05, 3.63) is 125 Å². The summed E-state index contributed by atoms with van der Waals surface area (Å²) in [7, 11) is 2.00. The second-order valence-electron chi connectivity index (χ2n) is 8.01. The second-order valence-corrected chi connectivity index (χ2v) is 9.02. The average Bonchev–Trinajstić information content (AvgIpc) is 3.23. The molecule has 0 amide bonds. The number of hydrogen-bond donors (Lipinski definition) is 0. The number of thiazole rings is 1. The third-order valence-electron chi connectivity index (χ3n) is 5.51. The van der Waals surface area contributed by atoms with Crippen LogP contribution in [0.4, 0.5) is 0 Å². The lowest BCUT2D eigenvalue weighted by molar-refractivity contribution is 0.256. The molecule has 1 aromatic heterocycles. The highest BCUT2D eigenvalue weighted by Gasteiger charge is 2.08. The van der Waals surface area contributed by atoms with Gasteiger partial charge in [0, 0.05) is 7.05 Å². The monoisotopic (exact) mass is 479 g/mol. The lowest BCUT2D eigenvalue weighted by atomic mass is 10.2. The minimum Gasteiger partial charge on any atom is -0.485 e. The van der Waals surface area contributed by atoms with Crippen LogP contribution in [0.2, 0.25) is 0 Å². The predicted molar refractivity (Wildman–Crippen MR) is 142 cm³/mol. The van der Waals surface area contributed by atoms with Crippen LogP contribution in [0, 0.1) is 0 Å². The number of nitrogens with zero attached hydrogens (tertiary/aromatic N) is 3. The van der Waals surface area contributed by atoms with Crippen LogP contribution < -0.4 is 14.3 Å². The minimum atomic E-state index is 0.450. The van der Waals surface area contributed by atoms with Gasteiger partial charge in [-0.2, -0.15) is 5.10 Å². The molecule has 35 heavy (non-hydrogen) atoms. The Labute approximate surface area is 208 Å². The number of para-hydroxylation sites is 1. The summed E-state index contributed by atoms with van der Waals surface area (Å²) in [6.45, 7) is 0.916. The van der Waals surface area contributed by atoms with Crippen LogP contribution in [0.25, 0.3) is 10.2 Å². The normalized spacial score (nSPS) is 11.9. The number of ether oxygens (including phenoxy) is 2. The number of benzene rings is 4. The topological polar surface area (TPSA) is 48.1 Å². The van der Waals surface area contributed by atoms with E-state index in [4.69, 9.17) is 9.47 Å². The lowest BCUT2D eigenvalue weighted by Gasteiger charge is -2.14. The van der Waals surface area contributed by atoms with E-state index in [0.29, 0.717) is 24.7 Å². The lowest BCUT2D eigenvalue weighted by Crippen LogP contribution is -2.08. The zero-order chi connectivity index (χ0) is 23.9. The van der Waals surface area contributed by atoms with E-state index in [-0.39, 0.29) is 0 Å². The van der Waals surface area contributed by atoms with E-state index in [2.05, 4.69) is 22.3 Å². The van der Waals surface area contributed by atoms with Crippen molar-refractivity contribution in [2.45, 2.75) is 13.2 Å². The summed E-state index contributed by atoms with van der Waals surface area (Å²) in [6, 6.07) is 34.2. The smallest absolute Gasteiger partial charge is 0.211 e. The standard InChI is InChI=1S/C29H25N3O2S/c1-32-25-14-8-9-15-28(25)35-29(32)31-30-19-24-16-17-26(33-20-22-10-4-2-5-11-22)27(18-24)34-21-23-12-6-3-7-13-23/h2-19H,20-21H2,1H3/b30-19+,31-29-. The minimum absolute atomic E-state index is 0.450. The van der Waals surface area contributed by atoms with Gasteiger partial charge in [-0.25, -0.2) is 0 Å². The van der Waals surface area contributed by atoms with Crippen LogP contribution in [0.5, 0.6) is 11.5 Å². The van der Waals surface area contributed by atoms with Crippen LogP contribution in [-0.4, -0.2) is 10.8 Å². The SMILES string of the molecule is Cn1/c(=N/N=C/c2ccc(OCc3ccccc3)c(OCc3ccccc3)c2)sc2ccccc21. The van der Waals surface area contributed by atoms with Crippen LogP contribution >= 0.6 is 11.3 Å². The summed E-state index contributed by atoms with van der Waals surface area (Å²) in [4.78, 5) is 0.839. The fourth-order valence-electron chi connectivity index (χ4n) is 3.63. The molecule has 0 N–H and O–H groups in total. The first-order chi connectivity index (χ1) is 17.3. The van der Waals surface area contributed by atoms with Crippen molar-refractivity contribution in [1.29, 1.82) is 0 Å². The number of aryl methyl sites for hydroxylation is 1. The summed E-state index contributed by atoms with van der Waals surface area (Å²) in [5.41, 5.74) is 4.21. The largest absolute Gasteiger partial charge is 0.485 e. The first-order valence-electron chi connectivity index (χ1n) is 11.4. The molecule has 0 aliphatic carbocycles. The third-order valence-corrected chi connectivity index (χ3v) is 6.61. The van der Waals surface area contributed by atoms with Gasteiger partial charge in [0.1, 0.15) is 13.2 Å². The van der Waals surface area contributed by atoms with E-state index >= 15 is 0 Å². The highest BCUT2D eigenvalue weighted by Crippen LogP contribution is 2.30. The zero-order valence-electron chi connectivity index (χ0n) is 19.4. The molecule has 0 aliphatic rings. The molecule has 0 unspecified atom stereocenters. The number of aromatic nitrogens is 1. The van der Waals surface area contributed by atoms with Gasteiger partial charge in [0.25, 0.3) is 0 Å². The van der Waals surface area contributed by atoms with E-state index in [0.717, 1.165) is 27.0 Å². The maximum absolute atomic E-state index is 6.16. The van der Waals surface area contributed by atoms with Crippen LogP contribution in [0.3, 0.4) is 0 Å². The molecular formula is C29H25N3O2S. The molecule has 1 heterocycles.